The van der Waals surface area contributed by atoms with Gasteiger partial charge in [-0.2, -0.15) is 0 Å². The fraction of sp³-hybridized carbons (Fsp3) is 0.143. The van der Waals surface area contributed by atoms with Crippen molar-refractivity contribution in [1.29, 1.82) is 0 Å². The van der Waals surface area contributed by atoms with Crippen LogP contribution in [0.25, 0.3) is 82.4 Å². The molecule has 0 bridgehead atoms. The van der Waals surface area contributed by atoms with Gasteiger partial charge in [0.25, 0.3) is 0 Å². The number of anilines is 3. The SMILES string of the molecule is [2H]c1c([2H])c([2H])c2c(c1[2H])c1c([2H])c([2H])c([2H])c3c1c1c2c([2H])c([2H])c([2H])c1n3-c1cc2c(cc1-c1ccc(N(c3ccc(-c4ccccc4)cc3)c3ccc(-c4ccccc4)cc3)cc1)C(C)(C)C(C)(C)C2(C)C. The molecular weight excluding hydrogens is 785 g/mol. The summed E-state index contributed by atoms with van der Waals surface area (Å²) in [5.41, 5.74) is 10.8. The molecule has 2 nitrogen and oxygen atoms in total. The molecule has 1 aliphatic rings. The van der Waals surface area contributed by atoms with Gasteiger partial charge >= 0.3 is 0 Å². The van der Waals surface area contributed by atoms with Gasteiger partial charge in [0.05, 0.1) is 30.4 Å². The minimum absolute atomic E-state index is 0.0455. The molecule has 65 heavy (non-hydrogen) atoms. The second kappa shape index (κ2) is 14.3. The molecule has 0 N–H and O–H groups in total. The zero-order valence-corrected chi connectivity index (χ0v) is 37.3. The second-order valence-corrected chi connectivity index (χ2v) is 19.0. The maximum absolute atomic E-state index is 9.73. The van der Waals surface area contributed by atoms with E-state index in [-0.39, 0.29) is 78.4 Å². The lowest BCUT2D eigenvalue weighted by atomic mass is 9.59. The van der Waals surface area contributed by atoms with E-state index in [1.54, 1.807) is 4.57 Å². The quantitative estimate of drug-likeness (QED) is 0.145. The topological polar surface area (TPSA) is 8.17 Å². The zero-order chi connectivity index (χ0) is 52.9. The van der Waals surface area contributed by atoms with E-state index in [0.29, 0.717) is 5.69 Å². The van der Waals surface area contributed by atoms with Crippen LogP contribution < -0.4 is 4.90 Å². The van der Waals surface area contributed by atoms with Crippen LogP contribution in [0.3, 0.4) is 0 Å². The first kappa shape index (κ1) is 29.9. The van der Waals surface area contributed by atoms with Crippen molar-refractivity contribution >= 4 is 60.4 Å². The molecule has 1 aliphatic carbocycles. The molecule has 11 aromatic rings. The van der Waals surface area contributed by atoms with Gasteiger partial charge in [0.2, 0.25) is 0 Å². The van der Waals surface area contributed by atoms with E-state index >= 15 is 0 Å². The van der Waals surface area contributed by atoms with Gasteiger partial charge in [-0.1, -0.05) is 187 Å². The summed E-state index contributed by atoms with van der Waals surface area (Å²) in [6.45, 7) is 13.6. The molecule has 1 aromatic heterocycles. The van der Waals surface area contributed by atoms with Crippen LogP contribution in [0, 0.1) is 5.41 Å². The van der Waals surface area contributed by atoms with Gasteiger partial charge in [0, 0.05) is 33.4 Å². The van der Waals surface area contributed by atoms with Crippen LogP contribution in [-0.4, -0.2) is 4.57 Å². The summed E-state index contributed by atoms with van der Waals surface area (Å²) in [4.78, 5) is 2.22. The molecule has 0 unspecified atom stereocenters. The Morgan fingerprint density at radius 2 is 0.785 bits per heavy atom. The number of aromatic nitrogens is 1. The van der Waals surface area contributed by atoms with Crippen molar-refractivity contribution in [3.8, 4) is 39.1 Å². The molecule has 0 aliphatic heterocycles. The summed E-state index contributed by atoms with van der Waals surface area (Å²) in [6, 6.07) is 46.0. The Morgan fingerprint density at radius 3 is 1.23 bits per heavy atom. The predicted molar refractivity (Wildman–Crippen MR) is 278 cm³/mol. The summed E-state index contributed by atoms with van der Waals surface area (Å²) in [5.74, 6) is 0. The Kier molecular flexibility index (Phi) is 6.56. The maximum Gasteiger partial charge on any atom is 0.0645 e. The number of hydrogen-bond acceptors (Lipinski definition) is 1. The van der Waals surface area contributed by atoms with Gasteiger partial charge in [0.15, 0.2) is 0 Å². The molecule has 0 atom stereocenters. The smallest absolute Gasteiger partial charge is 0.0645 e. The molecule has 1 heterocycles. The van der Waals surface area contributed by atoms with Crippen LogP contribution in [-0.2, 0) is 10.8 Å². The highest BCUT2D eigenvalue weighted by atomic mass is 15.1. The Labute approximate surface area is 396 Å². The standard InChI is InChI=1S/C63H52N2/c1-61(2)54-39-53(58(40-55(54)62(3,4)63(61,5)6)65-56-25-15-23-51-49-21-13-14-22-50(49)52-24-16-26-57(65)60(52)59(51)56)45-31-37-48(38-32-45)64(46-33-27-43(28-34-46)41-17-9-7-10-18-41)47-35-29-44(30-36-47)42-19-11-8-12-20-42/h7-40H,1-6H3/i13D,14D,15D,16D,21D,22D,23D,24D,25D,26D. The van der Waals surface area contributed by atoms with Crippen molar-refractivity contribution in [3.63, 3.8) is 0 Å². The van der Waals surface area contributed by atoms with Gasteiger partial charge in [-0.05, 0) is 137 Å². The van der Waals surface area contributed by atoms with E-state index in [0.717, 1.165) is 61.6 Å². The average molecular weight is 847 g/mol. The van der Waals surface area contributed by atoms with Gasteiger partial charge in [-0.3, -0.25) is 0 Å². The first-order chi connectivity index (χ1) is 35.7. The average Bonchev–Trinajstić information content (AvgIpc) is 3.86. The van der Waals surface area contributed by atoms with Crippen molar-refractivity contribution in [2.75, 3.05) is 4.90 Å². The molecule has 0 radical (unpaired) electrons. The first-order valence-electron chi connectivity index (χ1n) is 27.3. The summed E-state index contributed by atoms with van der Waals surface area (Å²) >= 11 is 0. The van der Waals surface area contributed by atoms with Crippen molar-refractivity contribution < 1.29 is 13.7 Å². The second-order valence-electron chi connectivity index (χ2n) is 19.0. The Hall–Kier alpha value is -7.42. The van der Waals surface area contributed by atoms with E-state index in [1.165, 1.54) is 0 Å². The van der Waals surface area contributed by atoms with E-state index in [2.05, 4.69) is 156 Å². The van der Waals surface area contributed by atoms with Gasteiger partial charge in [-0.15, -0.1) is 0 Å². The van der Waals surface area contributed by atoms with Crippen molar-refractivity contribution in [2.45, 2.75) is 52.4 Å². The van der Waals surface area contributed by atoms with Crippen LogP contribution in [0.2, 0.25) is 0 Å². The predicted octanol–water partition coefficient (Wildman–Crippen LogP) is 17.6. The molecular formula is C63H52N2. The van der Waals surface area contributed by atoms with Gasteiger partial charge in [0.1, 0.15) is 0 Å². The van der Waals surface area contributed by atoms with Crippen LogP contribution >= 0.6 is 0 Å². The minimum atomic E-state index is -0.537. The number of fused-ring (bicyclic) bond motifs is 4. The summed E-state index contributed by atoms with van der Waals surface area (Å²) < 4.78 is 94.6. The van der Waals surface area contributed by atoms with E-state index in [9.17, 15) is 11.0 Å². The van der Waals surface area contributed by atoms with Gasteiger partial charge < -0.3 is 9.47 Å². The third kappa shape index (κ3) is 5.73. The molecule has 0 amide bonds. The van der Waals surface area contributed by atoms with Crippen LogP contribution in [0.4, 0.5) is 17.1 Å². The first-order valence-corrected chi connectivity index (χ1v) is 22.3. The lowest BCUT2D eigenvalue weighted by Crippen LogP contribution is -2.42. The normalized spacial score (nSPS) is 17.1. The Balaban J connectivity index is 1.14. The third-order valence-electron chi connectivity index (χ3n) is 15.3. The monoisotopic (exact) mass is 846 g/mol. The number of hydrogen-bond donors (Lipinski definition) is 0. The minimum Gasteiger partial charge on any atom is -0.311 e. The Morgan fingerprint density at radius 1 is 0.400 bits per heavy atom. The molecule has 10 aromatic carbocycles. The molecule has 12 rings (SSSR count). The van der Waals surface area contributed by atoms with E-state index in [4.69, 9.17) is 2.74 Å². The zero-order valence-electron chi connectivity index (χ0n) is 47.3. The number of rotatable bonds is 7. The maximum atomic E-state index is 9.73. The fourth-order valence-electron chi connectivity index (χ4n) is 10.6. The lowest BCUT2D eigenvalue weighted by Gasteiger charge is -2.44. The lowest BCUT2D eigenvalue weighted by molar-refractivity contribution is 0.125. The summed E-state index contributed by atoms with van der Waals surface area (Å²) in [5, 5.41) is 0.488. The van der Waals surface area contributed by atoms with Crippen LogP contribution in [0.1, 0.15) is 66.4 Å². The molecule has 0 saturated heterocycles. The fourth-order valence-corrected chi connectivity index (χ4v) is 10.6. The molecule has 2 heteroatoms. The molecule has 0 fully saturated rings. The largest absolute Gasteiger partial charge is 0.311 e. The highest BCUT2D eigenvalue weighted by Gasteiger charge is 2.57. The number of nitrogens with zero attached hydrogens (tertiary/aromatic N) is 2. The van der Waals surface area contributed by atoms with Crippen molar-refractivity contribution in [3.05, 3.63) is 217 Å². The summed E-state index contributed by atoms with van der Waals surface area (Å²) in [7, 11) is 0. The number of benzene rings is 10. The molecule has 0 saturated carbocycles. The van der Waals surface area contributed by atoms with E-state index in [1.807, 2.05) is 36.4 Å². The Bertz CT molecular complexity index is 3960. The van der Waals surface area contributed by atoms with E-state index < -0.39 is 41.7 Å². The summed E-state index contributed by atoms with van der Waals surface area (Å²) in [6.07, 6.45) is 0. The molecule has 314 valence electrons. The van der Waals surface area contributed by atoms with Crippen LogP contribution in [0.5, 0.6) is 0 Å². The highest BCUT2D eigenvalue weighted by Crippen LogP contribution is 2.62. The third-order valence-corrected chi connectivity index (χ3v) is 15.3. The molecule has 0 spiro atoms. The van der Waals surface area contributed by atoms with Crippen LogP contribution in [0.15, 0.2) is 206 Å². The highest BCUT2D eigenvalue weighted by molar-refractivity contribution is 6.34. The van der Waals surface area contributed by atoms with Gasteiger partial charge in [-0.25, -0.2) is 0 Å². The van der Waals surface area contributed by atoms with Crippen molar-refractivity contribution in [2.24, 2.45) is 5.41 Å². The van der Waals surface area contributed by atoms with Crippen molar-refractivity contribution in [1.82, 2.24) is 4.57 Å².